The summed E-state index contributed by atoms with van der Waals surface area (Å²) >= 11 is 1.24. The van der Waals surface area contributed by atoms with Gasteiger partial charge in [0.1, 0.15) is 21.6 Å². The number of nitrogens with zero attached hydrogens (tertiary/aromatic N) is 3. The Morgan fingerprint density at radius 1 is 1.33 bits per heavy atom. The third-order valence-corrected chi connectivity index (χ3v) is 6.05. The van der Waals surface area contributed by atoms with Crippen LogP contribution in [0.4, 0.5) is 17.2 Å². The Hall–Kier alpha value is -3.11. The Balaban J connectivity index is 1.90. The molecule has 0 atom stereocenters. The molecule has 0 saturated heterocycles. The van der Waals surface area contributed by atoms with Crippen LogP contribution in [-0.4, -0.2) is 17.4 Å². The minimum Gasteiger partial charge on any atom is -0.397 e. The van der Waals surface area contributed by atoms with Crippen molar-refractivity contribution in [1.29, 1.82) is 5.26 Å². The molecule has 27 heavy (non-hydrogen) atoms. The number of carbonyl (C=O) groups excluding carboxylic acids is 1. The number of para-hydroxylation sites is 1. The Bertz CT molecular complexity index is 1130. The molecule has 3 aromatic rings. The van der Waals surface area contributed by atoms with E-state index in [1.165, 1.54) is 11.3 Å². The molecule has 2 aromatic heterocycles. The van der Waals surface area contributed by atoms with E-state index in [2.05, 4.69) is 11.1 Å². The molecule has 1 amide bonds. The Kier molecular flexibility index (Phi) is 4.01. The molecule has 0 radical (unpaired) electrons. The van der Waals surface area contributed by atoms with Gasteiger partial charge in [0, 0.05) is 17.6 Å². The summed E-state index contributed by atoms with van der Waals surface area (Å²) in [5, 5.41) is 10.2. The summed E-state index contributed by atoms with van der Waals surface area (Å²) in [5.41, 5.74) is 16.0. The highest BCUT2D eigenvalue weighted by Gasteiger charge is 2.30. The van der Waals surface area contributed by atoms with E-state index in [4.69, 9.17) is 11.5 Å². The number of aromatic nitrogens is 1. The summed E-state index contributed by atoms with van der Waals surface area (Å²) in [7, 11) is 0. The van der Waals surface area contributed by atoms with Gasteiger partial charge in [-0.3, -0.25) is 4.79 Å². The number of benzene rings is 1. The number of thiophene rings is 1. The number of fused-ring (bicyclic) bond motifs is 2. The Labute approximate surface area is 161 Å². The fourth-order valence-electron chi connectivity index (χ4n) is 3.72. The molecule has 136 valence electrons. The first-order valence-corrected chi connectivity index (χ1v) is 9.56. The maximum absolute atomic E-state index is 13.3. The van der Waals surface area contributed by atoms with Crippen molar-refractivity contribution >= 4 is 44.7 Å². The normalized spacial score (nSPS) is 13.2. The van der Waals surface area contributed by atoms with Gasteiger partial charge in [0.2, 0.25) is 0 Å². The summed E-state index contributed by atoms with van der Waals surface area (Å²) in [6.07, 6.45) is 0.827. The molecule has 0 fully saturated rings. The molecule has 1 aromatic carbocycles. The number of pyridine rings is 1. The van der Waals surface area contributed by atoms with Crippen molar-refractivity contribution in [2.75, 3.05) is 22.9 Å². The van der Waals surface area contributed by atoms with Gasteiger partial charge < -0.3 is 16.4 Å². The predicted molar refractivity (Wildman–Crippen MR) is 109 cm³/mol. The minimum atomic E-state index is -0.132. The summed E-state index contributed by atoms with van der Waals surface area (Å²) in [6, 6.07) is 10.0. The van der Waals surface area contributed by atoms with E-state index in [0.717, 1.165) is 23.2 Å². The van der Waals surface area contributed by atoms with Crippen LogP contribution in [-0.2, 0) is 6.42 Å². The molecule has 3 heterocycles. The van der Waals surface area contributed by atoms with Gasteiger partial charge in [0.15, 0.2) is 0 Å². The topological polar surface area (TPSA) is 109 Å². The number of amides is 1. The highest BCUT2D eigenvalue weighted by molar-refractivity contribution is 7.21. The SMILES string of the molecule is CC(C)c1c(C#N)c(N)nc2sc(C(=O)N3CCc4ccccc43)c(N)c12. The molecular formula is C20H19N5OS. The van der Waals surface area contributed by atoms with Crippen molar-refractivity contribution in [1.82, 2.24) is 4.98 Å². The first-order chi connectivity index (χ1) is 12.9. The zero-order chi connectivity index (χ0) is 19.3. The van der Waals surface area contributed by atoms with Gasteiger partial charge in [-0.1, -0.05) is 32.0 Å². The van der Waals surface area contributed by atoms with Crippen molar-refractivity contribution in [3.63, 3.8) is 0 Å². The maximum Gasteiger partial charge on any atom is 0.270 e. The molecule has 0 unspecified atom stereocenters. The van der Waals surface area contributed by atoms with E-state index >= 15 is 0 Å². The lowest BCUT2D eigenvalue weighted by atomic mass is 9.95. The van der Waals surface area contributed by atoms with E-state index < -0.39 is 0 Å². The minimum absolute atomic E-state index is 0.0276. The van der Waals surface area contributed by atoms with Crippen molar-refractivity contribution in [2.24, 2.45) is 0 Å². The summed E-state index contributed by atoms with van der Waals surface area (Å²) in [5.74, 6) is 0.0764. The standard InChI is InChI=1S/C20H19N5OS/c1-10(2)14-12(9-21)18(23)24-19-15(14)16(22)17(27-19)20(26)25-8-7-11-5-3-4-6-13(11)25/h3-6,10H,7-8,22H2,1-2H3,(H2,23,24). The van der Waals surface area contributed by atoms with E-state index in [9.17, 15) is 10.1 Å². The van der Waals surface area contributed by atoms with E-state index in [-0.39, 0.29) is 17.6 Å². The van der Waals surface area contributed by atoms with Gasteiger partial charge >= 0.3 is 0 Å². The second-order valence-electron chi connectivity index (χ2n) is 6.91. The van der Waals surface area contributed by atoms with E-state index in [1.54, 1.807) is 4.90 Å². The van der Waals surface area contributed by atoms with Gasteiger partial charge in [-0.25, -0.2) is 4.98 Å². The van der Waals surface area contributed by atoms with Crippen LogP contribution in [0.15, 0.2) is 24.3 Å². The number of nitrogen functional groups attached to an aromatic ring is 2. The fraction of sp³-hybridized carbons (Fsp3) is 0.250. The lowest BCUT2D eigenvalue weighted by molar-refractivity contribution is 0.0994. The van der Waals surface area contributed by atoms with E-state index in [0.29, 0.717) is 32.9 Å². The number of rotatable bonds is 2. The third kappa shape index (κ3) is 2.53. The molecular weight excluding hydrogens is 358 g/mol. The zero-order valence-corrected chi connectivity index (χ0v) is 15.9. The van der Waals surface area contributed by atoms with Crippen molar-refractivity contribution in [3.05, 3.63) is 45.8 Å². The van der Waals surface area contributed by atoms with Crippen LogP contribution in [0.1, 0.15) is 46.1 Å². The number of carbonyl (C=O) groups is 1. The van der Waals surface area contributed by atoms with Crippen LogP contribution in [0.2, 0.25) is 0 Å². The van der Waals surface area contributed by atoms with Gasteiger partial charge in [-0.2, -0.15) is 5.26 Å². The second-order valence-corrected chi connectivity index (χ2v) is 7.91. The molecule has 6 nitrogen and oxygen atoms in total. The largest absolute Gasteiger partial charge is 0.397 e. The molecule has 1 aliphatic rings. The summed E-state index contributed by atoms with van der Waals surface area (Å²) in [4.78, 5) is 20.4. The third-order valence-electron chi connectivity index (χ3n) is 4.96. The van der Waals surface area contributed by atoms with Gasteiger partial charge in [0.05, 0.1) is 11.3 Å². The van der Waals surface area contributed by atoms with Crippen LogP contribution in [0.5, 0.6) is 0 Å². The highest BCUT2D eigenvalue weighted by Crippen LogP contribution is 2.42. The maximum atomic E-state index is 13.3. The average molecular weight is 377 g/mol. The van der Waals surface area contributed by atoms with Crippen LogP contribution in [0.3, 0.4) is 0 Å². The highest BCUT2D eigenvalue weighted by atomic mass is 32.1. The number of nitriles is 1. The van der Waals surface area contributed by atoms with Crippen molar-refractivity contribution in [3.8, 4) is 6.07 Å². The van der Waals surface area contributed by atoms with Crippen LogP contribution < -0.4 is 16.4 Å². The molecule has 0 saturated carbocycles. The van der Waals surface area contributed by atoms with Gasteiger partial charge in [-0.05, 0) is 29.5 Å². The van der Waals surface area contributed by atoms with E-state index in [1.807, 2.05) is 38.1 Å². The smallest absolute Gasteiger partial charge is 0.270 e. The Morgan fingerprint density at radius 2 is 2.07 bits per heavy atom. The van der Waals surface area contributed by atoms with Crippen LogP contribution in [0, 0.1) is 11.3 Å². The average Bonchev–Trinajstić information content (AvgIpc) is 3.21. The van der Waals surface area contributed by atoms with Crippen LogP contribution in [0.25, 0.3) is 10.2 Å². The monoisotopic (exact) mass is 377 g/mol. The molecule has 0 aliphatic carbocycles. The quantitative estimate of drug-likeness (QED) is 0.708. The molecule has 1 aliphatic heterocycles. The Morgan fingerprint density at radius 3 is 2.78 bits per heavy atom. The fourth-order valence-corrected chi connectivity index (χ4v) is 4.79. The number of nitrogens with two attached hydrogens (primary N) is 2. The lowest BCUT2D eigenvalue weighted by Gasteiger charge is -2.17. The van der Waals surface area contributed by atoms with Gasteiger partial charge in [0.25, 0.3) is 5.91 Å². The number of anilines is 3. The molecule has 4 N–H and O–H groups in total. The zero-order valence-electron chi connectivity index (χ0n) is 15.1. The first-order valence-electron chi connectivity index (χ1n) is 8.75. The van der Waals surface area contributed by atoms with Crippen LogP contribution >= 0.6 is 11.3 Å². The number of hydrogen-bond acceptors (Lipinski definition) is 6. The summed E-state index contributed by atoms with van der Waals surface area (Å²) < 4.78 is 0. The van der Waals surface area contributed by atoms with Crippen molar-refractivity contribution < 1.29 is 4.79 Å². The molecule has 7 heteroatoms. The predicted octanol–water partition coefficient (Wildman–Crippen LogP) is 3.66. The lowest BCUT2D eigenvalue weighted by Crippen LogP contribution is -2.28. The van der Waals surface area contributed by atoms with Crippen molar-refractivity contribution in [2.45, 2.75) is 26.2 Å². The molecule has 0 bridgehead atoms. The molecule has 0 spiro atoms. The first kappa shape index (κ1) is 17.3. The summed E-state index contributed by atoms with van der Waals surface area (Å²) in [6.45, 7) is 4.58. The second kappa shape index (κ2) is 6.25. The molecule has 4 rings (SSSR count). The number of hydrogen-bond donors (Lipinski definition) is 2. The van der Waals surface area contributed by atoms with Gasteiger partial charge in [-0.15, -0.1) is 11.3 Å².